The molecule has 41 nitrogen and oxygen atoms in total. The van der Waals surface area contributed by atoms with Crippen LogP contribution in [0, 0.1) is 0 Å². The van der Waals surface area contributed by atoms with E-state index in [2.05, 4.69) is 0 Å². The Morgan fingerprint density at radius 3 is 0.315 bits per heavy atom. The van der Waals surface area contributed by atoms with Crippen LogP contribution >= 0.6 is 0 Å². The predicted molar refractivity (Wildman–Crippen MR) is 265 cm³/mol. The van der Waals surface area contributed by atoms with Gasteiger partial charge in [-0.25, -0.2) is 0 Å². The highest BCUT2D eigenvalue weighted by atomic mass is 16.8. The average Bonchev–Trinajstić information content (AvgIpc) is 0.978. The molecule has 30 aliphatic heterocycles. The van der Waals surface area contributed by atoms with Crippen molar-refractivity contribution in [3.05, 3.63) is 0 Å². The number of rotatable bonds is 8. The van der Waals surface area contributed by atoms with Gasteiger partial charge in [0.1, 0.15) is 195 Å². The van der Waals surface area contributed by atoms with Gasteiger partial charge in [0.15, 0.2) is 50.3 Å². The lowest BCUT2D eigenvalue weighted by molar-refractivity contribution is -0.404. The van der Waals surface area contributed by atoms with E-state index in [1.165, 1.54) is 0 Å². The van der Waals surface area contributed by atoms with E-state index < -0.39 is 299 Å². The van der Waals surface area contributed by atoms with Crippen LogP contribution in [0.1, 0.15) is 0 Å². The minimum Gasteiger partial charge on any atom is -0.412 e. The molecule has 0 aromatic carbocycles. The van der Waals surface area contributed by atoms with Crippen LogP contribution in [0.25, 0.3) is 0 Å². The molecule has 0 saturated carbocycles. The molecule has 26 N–H and O–H groups in total. The summed E-state index contributed by atoms with van der Waals surface area (Å²) in [6, 6.07) is 0. The van der Waals surface area contributed by atoms with Crippen LogP contribution in [0.3, 0.4) is 0 Å². The summed E-state index contributed by atoms with van der Waals surface area (Å²) in [5.41, 5.74) is 0. The van der Waals surface area contributed by atoms with E-state index in [-0.39, 0.29) is 5.48 Å². The summed E-state index contributed by atoms with van der Waals surface area (Å²) in [6.07, 6.45) is -82.0. The van der Waals surface area contributed by atoms with E-state index in [0.717, 1.165) is 0 Å². The van der Waals surface area contributed by atoms with Gasteiger partial charge in [-0.2, -0.15) is 0 Å². The first kappa shape index (κ1) is 73.2. The monoisotopic (exact) mass is 1310 g/mol. The molecule has 89 heavy (non-hydrogen) atoms. The van der Waals surface area contributed by atoms with Gasteiger partial charge < -0.3 is 204 Å². The fraction of sp³-hybridized carbons (Fsp3) is 1.00. The number of hydrogen-bond donors (Lipinski definition) is 24. The van der Waals surface area contributed by atoms with Crippen molar-refractivity contribution in [3.8, 4) is 0 Å². The maximum atomic E-state index is 11.4. The summed E-state index contributed by atoms with van der Waals surface area (Å²) in [5, 5.41) is 265. The molecule has 0 aromatic rings. The quantitative estimate of drug-likeness (QED) is 0.107. The molecule has 30 rings (SSSR count). The van der Waals surface area contributed by atoms with Crippen LogP contribution in [-0.4, -0.2) is 427 Å². The third-order valence-corrected chi connectivity index (χ3v) is 16.9. The summed E-state index contributed by atoms with van der Waals surface area (Å²) >= 11 is 0. The average molecular weight is 1320 g/mol. The summed E-state index contributed by atoms with van der Waals surface area (Å²) in [6.45, 7) is -8.64. The Balaban J connectivity index is 0.0000102. The van der Waals surface area contributed by atoms with Gasteiger partial charge in [-0.05, 0) is 0 Å². The normalized spacial score (nSPS) is 54.7. The maximum absolute atomic E-state index is 11.4. The highest BCUT2D eigenvalue weighted by molar-refractivity contribution is 5.02. The van der Waals surface area contributed by atoms with Crippen molar-refractivity contribution in [2.24, 2.45) is 0 Å². The third kappa shape index (κ3) is 14.4. The van der Waals surface area contributed by atoms with Crippen molar-refractivity contribution in [1.82, 2.24) is 0 Å². The van der Waals surface area contributed by atoms with Crippen LogP contribution in [0.5, 0.6) is 0 Å². The van der Waals surface area contributed by atoms with Gasteiger partial charge >= 0.3 is 0 Å². The van der Waals surface area contributed by atoms with Gasteiger partial charge in [0.25, 0.3) is 0 Å². The standard InChI is InChI=1S/C48H80O40.H2O/c49-1-9-33-17(57)25(65)41(73-9)82-34-10(2-50)75-43(27(67)19(34)59)84-36-12(4-52)77-45(29(69)21(36)61)86-38-14(6-54)79-47(31(71)23(38)63)88-40-16(8-56)80-48(32(72)24(40)64)87-39-15(7-55)78-46(30(70)22(39)62)85-37-13(5-53)76-44(28(68)20(37)60)83-35-11(3-51)74-42(81-33)26(66)18(35)58;/h9-72H,1-8H2;1H2/t9?,10?,11?,12?,13?,14?,15?,16?,17-,18?,19?,20?,21?,22?,23?,24?,25?,26?,27?,28?,29?,30?,31?,32?,33-,34-,35-,36-,37-,38-,39-,40-,41-,42-,43-,44-,45-,46-,47-,48-;/m0./s1. The Labute approximate surface area is 501 Å². The molecule has 0 aromatic heterocycles. The zero-order valence-electron chi connectivity index (χ0n) is 46.5. The Hall–Kier alpha value is -1.64. The number of aliphatic hydroxyl groups is 24. The molecule has 520 valence electrons. The van der Waals surface area contributed by atoms with Crippen molar-refractivity contribution in [3.63, 3.8) is 0 Å². The number of aliphatic hydroxyl groups excluding tert-OH is 24. The predicted octanol–water partition coefficient (Wildman–Crippen LogP) is -18.2. The Morgan fingerprint density at radius 2 is 0.236 bits per heavy atom. The summed E-state index contributed by atoms with van der Waals surface area (Å²) < 4.78 is 91.1. The zero-order valence-corrected chi connectivity index (χ0v) is 46.5. The molecule has 0 radical (unpaired) electrons. The van der Waals surface area contributed by atoms with Gasteiger partial charge in [-0.3, -0.25) is 0 Å². The van der Waals surface area contributed by atoms with Gasteiger partial charge in [0.2, 0.25) is 0 Å². The van der Waals surface area contributed by atoms with E-state index in [1.807, 2.05) is 0 Å². The SMILES string of the molecule is O.OCC1O[C@H]2O[C@H]3C(CO)O[C@@H](O[C@H]4C(CO)O[C@@H](O[C@H]5C(CO)O[C@@H](O[C@H]6C(CO)O[C@@H](O[C@H]7C(CO)O[C@@H](O[C@H]8C(CO)O[C@@H](O[C@H]9C(CO)O[C@@H](O[C@@H]1C(O)C2O)C(O)C9O)C(O)C8O)C(O)C7O)C(O)[C@@H]6O)C(O)C5O)C(O)C4O)C(O)C3O. The largest absolute Gasteiger partial charge is 0.412 e. The molecule has 30 fully saturated rings. The molecule has 0 aliphatic carbocycles. The van der Waals surface area contributed by atoms with Crippen molar-refractivity contribution in [2.45, 2.75) is 246 Å². The summed E-state index contributed by atoms with van der Waals surface area (Å²) in [5.74, 6) is 0. The fourth-order valence-corrected chi connectivity index (χ4v) is 11.9. The lowest BCUT2D eigenvalue weighted by atomic mass is 9.94. The van der Waals surface area contributed by atoms with Gasteiger partial charge in [-0.1, -0.05) is 0 Å². The number of hydrogen-bond acceptors (Lipinski definition) is 40. The highest BCUT2D eigenvalue weighted by Crippen LogP contribution is 2.40. The molecule has 30 saturated heterocycles. The minimum atomic E-state index is -2.25. The zero-order chi connectivity index (χ0) is 64.1. The molecular formula is C48H82O41. The smallest absolute Gasteiger partial charge is 0.187 e. The van der Waals surface area contributed by atoms with Crippen molar-refractivity contribution in [2.75, 3.05) is 52.9 Å². The molecule has 30 heterocycles. The second kappa shape index (κ2) is 31.0. The molecule has 0 spiro atoms. The topological polar surface area (TPSA) is 665 Å². The first-order valence-corrected chi connectivity index (χ1v) is 28.1. The lowest BCUT2D eigenvalue weighted by Gasteiger charge is -2.50. The lowest BCUT2D eigenvalue weighted by Crippen LogP contribution is -2.69. The van der Waals surface area contributed by atoms with Crippen LogP contribution in [0.2, 0.25) is 0 Å². The minimum absolute atomic E-state index is 0. The van der Waals surface area contributed by atoms with E-state index in [9.17, 15) is 123 Å². The Morgan fingerprint density at radius 1 is 0.146 bits per heavy atom. The molecular weight excluding hydrogens is 1230 g/mol. The van der Waals surface area contributed by atoms with Crippen LogP contribution in [-0.2, 0) is 75.8 Å². The van der Waals surface area contributed by atoms with Crippen LogP contribution in [0.15, 0.2) is 0 Å². The molecule has 41 heteroatoms. The molecule has 23 unspecified atom stereocenters. The van der Waals surface area contributed by atoms with Crippen molar-refractivity contribution < 1.29 is 204 Å². The van der Waals surface area contributed by atoms with E-state index in [0.29, 0.717) is 0 Å². The fourth-order valence-electron chi connectivity index (χ4n) is 11.9. The molecule has 40 atom stereocenters. The van der Waals surface area contributed by atoms with Crippen LogP contribution in [0.4, 0.5) is 0 Å². The Kier molecular flexibility index (Phi) is 25.5. The van der Waals surface area contributed by atoms with E-state index in [4.69, 9.17) is 75.8 Å². The van der Waals surface area contributed by atoms with Gasteiger partial charge in [0, 0.05) is 0 Å². The number of ether oxygens (including phenoxy) is 16. The van der Waals surface area contributed by atoms with E-state index >= 15 is 0 Å². The van der Waals surface area contributed by atoms with Crippen LogP contribution < -0.4 is 0 Å². The van der Waals surface area contributed by atoms with E-state index in [1.54, 1.807) is 0 Å². The first-order chi connectivity index (χ1) is 41.9. The summed E-state index contributed by atoms with van der Waals surface area (Å²) in [7, 11) is 0. The van der Waals surface area contributed by atoms with Gasteiger partial charge in [-0.15, -0.1) is 0 Å². The third-order valence-electron chi connectivity index (χ3n) is 16.9. The first-order valence-electron chi connectivity index (χ1n) is 28.1. The second-order valence-electron chi connectivity index (χ2n) is 22.5. The van der Waals surface area contributed by atoms with Gasteiger partial charge in [0.05, 0.1) is 52.9 Å². The molecule has 0 amide bonds. The molecule has 16 bridgehead atoms. The maximum Gasteiger partial charge on any atom is 0.187 e. The second-order valence-corrected chi connectivity index (χ2v) is 22.5. The van der Waals surface area contributed by atoms with Crippen molar-refractivity contribution in [1.29, 1.82) is 0 Å². The Bertz CT molecular complexity index is 1710. The van der Waals surface area contributed by atoms with Crippen molar-refractivity contribution >= 4 is 0 Å². The highest BCUT2D eigenvalue weighted by Gasteiger charge is 2.60. The summed E-state index contributed by atoms with van der Waals surface area (Å²) in [4.78, 5) is 0. The molecule has 30 aliphatic rings.